The summed E-state index contributed by atoms with van der Waals surface area (Å²) in [5.74, 6) is 3.51. The average molecular weight is 169 g/mol. The molecule has 4 nitrogen and oxygen atoms in total. The molecule has 0 aromatic heterocycles. The van der Waals surface area contributed by atoms with Crippen molar-refractivity contribution in [1.82, 2.24) is 5.32 Å². The number of nitrogens with one attached hydrogen (secondary N) is 1. The van der Waals surface area contributed by atoms with Crippen molar-refractivity contribution in [1.29, 1.82) is 0 Å². The lowest BCUT2D eigenvalue weighted by atomic mass is 10.3. The summed E-state index contributed by atoms with van der Waals surface area (Å²) < 4.78 is 0. The number of carboxylic acids is 1. The fourth-order valence-corrected chi connectivity index (χ4v) is 0.599. The molecule has 0 rings (SSSR count). The van der Waals surface area contributed by atoms with Crippen LogP contribution >= 0.6 is 0 Å². The number of aliphatic carboxylic acids is 1. The van der Waals surface area contributed by atoms with Crippen molar-refractivity contribution in [3.05, 3.63) is 0 Å². The van der Waals surface area contributed by atoms with Crippen molar-refractivity contribution in [2.75, 3.05) is 6.54 Å². The van der Waals surface area contributed by atoms with Crippen LogP contribution in [-0.2, 0) is 9.59 Å². The number of carbonyl (C=O) groups is 2. The Balaban J connectivity index is 3.36. The van der Waals surface area contributed by atoms with Crippen LogP contribution in [0.2, 0.25) is 0 Å². The highest BCUT2D eigenvalue weighted by atomic mass is 16.4. The maximum absolute atomic E-state index is 10.7. The third-order valence-corrected chi connectivity index (χ3v) is 1.09. The number of carboxylic acid groups (broad SMARTS) is 1. The molecule has 4 heteroatoms. The second-order valence-corrected chi connectivity index (χ2v) is 2.13. The molecule has 0 aromatic carbocycles. The summed E-state index contributed by atoms with van der Waals surface area (Å²) in [7, 11) is 0. The van der Waals surface area contributed by atoms with Crippen LogP contribution < -0.4 is 5.32 Å². The van der Waals surface area contributed by atoms with Gasteiger partial charge >= 0.3 is 5.97 Å². The maximum Gasteiger partial charge on any atom is 0.303 e. The van der Waals surface area contributed by atoms with Gasteiger partial charge in [0, 0.05) is 13.0 Å². The van der Waals surface area contributed by atoms with Gasteiger partial charge in [0.15, 0.2) is 0 Å². The zero-order valence-corrected chi connectivity index (χ0v) is 6.89. The lowest BCUT2D eigenvalue weighted by Gasteiger charge is -1.97. The smallest absolute Gasteiger partial charge is 0.303 e. The summed E-state index contributed by atoms with van der Waals surface area (Å²) in [6.07, 6.45) is 0.506. The lowest BCUT2D eigenvalue weighted by molar-refractivity contribution is -0.137. The van der Waals surface area contributed by atoms with Crippen LogP contribution in [0, 0.1) is 11.8 Å². The van der Waals surface area contributed by atoms with Gasteiger partial charge in [0.25, 0.3) is 5.91 Å². The molecule has 0 aliphatic rings. The molecular formula is C8H11NO3. The number of hydrogen-bond donors (Lipinski definition) is 2. The highest BCUT2D eigenvalue weighted by molar-refractivity contribution is 5.93. The van der Waals surface area contributed by atoms with Crippen molar-refractivity contribution in [3.63, 3.8) is 0 Å². The van der Waals surface area contributed by atoms with Gasteiger partial charge in [-0.1, -0.05) is 5.92 Å². The Hall–Kier alpha value is -1.50. The molecule has 0 unspecified atom stereocenters. The van der Waals surface area contributed by atoms with Crippen molar-refractivity contribution >= 4 is 11.9 Å². The molecule has 0 aromatic rings. The van der Waals surface area contributed by atoms with Gasteiger partial charge in [-0.3, -0.25) is 9.59 Å². The third kappa shape index (κ3) is 6.62. The summed E-state index contributed by atoms with van der Waals surface area (Å²) >= 11 is 0. The predicted molar refractivity (Wildman–Crippen MR) is 43.3 cm³/mol. The van der Waals surface area contributed by atoms with Crippen LogP contribution in [0.4, 0.5) is 0 Å². The SMILES string of the molecule is CC#CC(=O)NCCCC(=O)O. The normalized spacial score (nSPS) is 8.08. The molecule has 66 valence electrons. The second kappa shape index (κ2) is 6.23. The minimum atomic E-state index is -0.856. The van der Waals surface area contributed by atoms with Gasteiger partial charge in [-0.05, 0) is 19.3 Å². The van der Waals surface area contributed by atoms with Gasteiger partial charge < -0.3 is 10.4 Å². The topological polar surface area (TPSA) is 66.4 Å². The first-order valence-electron chi connectivity index (χ1n) is 3.59. The lowest BCUT2D eigenvalue weighted by Crippen LogP contribution is -2.22. The van der Waals surface area contributed by atoms with Gasteiger partial charge in [0.2, 0.25) is 0 Å². The molecule has 0 heterocycles. The molecule has 0 bridgehead atoms. The molecule has 0 fully saturated rings. The van der Waals surface area contributed by atoms with Crippen LogP contribution in [0.25, 0.3) is 0 Å². The van der Waals surface area contributed by atoms with Crippen molar-refractivity contribution in [2.24, 2.45) is 0 Å². The Morgan fingerprint density at radius 1 is 1.50 bits per heavy atom. The quantitative estimate of drug-likeness (QED) is 0.459. The maximum atomic E-state index is 10.7. The molecule has 0 saturated carbocycles. The Morgan fingerprint density at radius 3 is 2.67 bits per heavy atom. The van der Waals surface area contributed by atoms with E-state index in [4.69, 9.17) is 5.11 Å². The van der Waals surface area contributed by atoms with Crippen LogP contribution in [-0.4, -0.2) is 23.5 Å². The zero-order chi connectivity index (χ0) is 9.40. The van der Waals surface area contributed by atoms with E-state index in [2.05, 4.69) is 17.2 Å². The van der Waals surface area contributed by atoms with Crippen LogP contribution in [0.3, 0.4) is 0 Å². The molecule has 2 N–H and O–H groups in total. The second-order valence-electron chi connectivity index (χ2n) is 2.13. The van der Waals surface area contributed by atoms with E-state index in [-0.39, 0.29) is 12.3 Å². The van der Waals surface area contributed by atoms with Crippen LogP contribution in [0.1, 0.15) is 19.8 Å². The number of carbonyl (C=O) groups excluding carboxylic acids is 1. The average Bonchev–Trinajstić information content (AvgIpc) is 1.98. The van der Waals surface area contributed by atoms with E-state index in [9.17, 15) is 9.59 Å². The Bertz CT molecular complexity index is 224. The molecule has 0 radical (unpaired) electrons. The highest BCUT2D eigenvalue weighted by Crippen LogP contribution is 1.85. The van der Waals surface area contributed by atoms with E-state index in [0.717, 1.165) is 0 Å². The van der Waals surface area contributed by atoms with Crippen molar-refractivity contribution in [3.8, 4) is 11.8 Å². The van der Waals surface area contributed by atoms with E-state index >= 15 is 0 Å². The van der Waals surface area contributed by atoms with Crippen LogP contribution in [0.5, 0.6) is 0 Å². The van der Waals surface area contributed by atoms with Crippen LogP contribution in [0.15, 0.2) is 0 Å². The molecule has 0 atom stereocenters. The predicted octanol–water partition coefficient (Wildman–Crippen LogP) is -0.00930. The summed E-state index contributed by atoms with van der Waals surface area (Å²) in [5, 5.41) is 10.7. The number of rotatable bonds is 4. The van der Waals surface area contributed by atoms with E-state index in [1.165, 1.54) is 0 Å². The largest absolute Gasteiger partial charge is 0.481 e. The van der Waals surface area contributed by atoms with Gasteiger partial charge in [-0.15, -0.1) is 0 Å². The molecule has 12 heavy (non-hydrogen) atoms. The van der Waals surface area contributed by atoms with Gasteiger partial charge in [-0.25, -0.2) is 0 Å². The number of hydrogen-bond acceptors (Lipinski definition) is 2. The van der Waals surface area contributed by atoms with E-state index < -0.39 is 5.97 Å². The van der Waals surface area contributed by atoms with Gasteiger partial charge in [0.05, 0.1) is 0 Å². The summed E-state index contributed by atoms with van der Waals surface area (Å²) in [6.45, 7) is 1.93. The third-order valence-electron chi connectivity index (χ3n) is 1.09. The first-order valence-corrected chi connectivity index (χ1v) is 3.59. The fraction of sp³-hybridized carbons (Fsp3) is 0.500. The fourth-order valence-electron chi connectivity index (χ4n) is 0.599. The van der Waals surface area contributed by atoms with Gasteiger partial charge in [0.1, 0.15) is 0 Å². The summed E-state index contributed by atoms with van der Waals surface area (Å²) in [5.41, 5.74) is 0. The first kappa shape index (κ1) is 10.5. The van der Waals surface area contributed by atoms with E-state index in [1.807, 2.05) is 0 Å². The Kier molecular flexibility index (Phi) is 5.45. The Morgan fingerprint density at radius 2 is 2.17 bits per heavy atom. The minimum Gasteiger partial charge on any atom is -0.481 e. The van der Waals surface area contributed by atoms with E-state index in [1.54, 1.807) is 6.92 Å². The number of amides is 1. The standard InChI is InChI=1S/C8H11NO3/c1-2-4-7(10)9-6-3-5-8(11)12/h3,5-6H2,1H3,(H,9,10)(H,11,12). The van der Waals surface area contributed by atoms with Gasteiger partial charge in [-0.2, -0.15) is 0 Å². The molecule has 0 spiro atoms. The summed E-state index contributed by atoms with van der Waals surface area (Å²) in [6, 6.07) is 0. The zero-order valence-electron chi connectivity index (χ0n) is 6.89. The molecular weight excluding hydrogens is 158 g/mol. The first-order chi connectivity index (χ1) is 5.66. The molecule has 0 saturated heterocycles. The van der Waals surface area contributed by atoms with Crippen molar-refractivity contribution < 1.29 is 14.7 Å². The molecule has 1 amide bonds. The van der Waals surface area contributed by atoms with E-state index in [0.29, 0.717) is 13.0 Å². The monoisotopic (exact) mass is 169 g/mol. The summed E-state index contributed by atoms with van der Waals surface area (Å²) in [4.78, 5) is 20.7. The highest BCUT2D eigenvalue weighted by Gasteiger charge is 1.97. The molecule has 0 aliphatic carbocycles. The minimum absolute atomic E-state index is 0.0693. The Labute approximate surface area is 71.0 Å². The molecule has 0 aliphatic heterocycles. The van der Waals surface area contributed by atoms with Crippen molar-refractivity contribution in [2.45, 2.75) is 19.8 Å².